The monoisotopic (exact) mass is 297 g/mol. The number of hydroxylamine groups is 1. The molecule has 6 heteroatoms. The summed E-state index contributed by atoms with van der Waals surface area (Å²) in [6.07, 6.45) is 0. The number of aromatic hydroxyl groups is 1. The average Bonchev–Trinajstić information content (AvgIpc) is 2.38. The van der Waals surface area contributed by atoms with Crippen molar-refractivity contribution in [3.63, 3.8) is 0 Å². The van der Waals surface area contributed by atoms with Gasteiger partial charge in [0, 0.05) is 5.02 Å². The number of para-hydroxylation sites is 1. The lowest BCUT2D eigenvalue weighted by Crippen LogP contribution is -2.27. The maximum Gasteiger partial charge on any atom is 0.287 e. The van der Waals surface area contributed by atoms with Crippen LogP contribution in [0.4, 0.5) is 0 Å². The van der Waals surface area contributed by atoms with E-state index in [0.717, 1.165) is 0 Å². The van der Waals surface area contributed by atoms with Gasteiger partial charge >= 0.3 is 0 Å². The molecule has 0 saturated carbocycles. The van der Waals surface area contributed by atoms with Crippen molar-refractivity contribution in [2.24, 2.45) is 0 Å². The highest BCUT2D eigenvalue weighted by molar-refractivity contribution is 6.35. The van der Waals surface area contributed by atoms with E-state index >= 15 is 0 Å². The van der Waals surface area contributed by atoms with Crippen molar-refractivity contribution in [3.05, 3.63) is 58.1 Å². The maximum atomic E-state index is 11.8. The van der Waals surface area contributed by atoms with Gasteiger partial charge in [0.1, 0.15) is 5.75 Å². The number of benzene rings is 2. The van der Waals surface area contributed by atoms with Crippen LogP contribution in [0.5, 0.6) is 11.5 Å². The molecule has 0 saturated heterocycles. The second kappa shape index (κ2) is 5.82. The minimum atomic E-state index is -0.580. The molecule has 0 bridgehead atoms. The third-order valence-corrected chi connectivity index (χ3v) is 2.83. The zero-order valence-electron chi connectivity index (χ0n) is 9.56. The van der Waals surface area contributed by atoms with Crippen molar-refractivity contribution in [3.8, 4) is 11.5 Å². The van der Waals surface area contributed by atoms with E-state index in [0.29, 0.717) is 5.02 Å². The van der Waals surface area contributed by atoms with Crippen molar-refractivity contribution in [1.29, 1.82) is 0 Å². The van der Waals surface area contributed by atoms with Crippen LogP contribution in [0.3, 0.4) is 0 Å². The van der Waals surface area contributed by atoms with E-state index in [1.165, 1.54) is 24.3 Å². The van der Waals surface area contributed by atoms with E-state index in [9.17, 15) is 9.90 Å². The van der Waals surface area contributed by atoms with Gasteiger partial charge in [-0.15, -0.1) is 0 Å². The Bertz CT molecular complexity index is 617. The number of rotatable bonds is 3. The Labute approximate surface area is 119 Å². The molecule has 0 unspecified atom stereocenters. The van der Waals surface area contributed by atoms with Crippen LogP contribution in [0.25, 0.3) is 0 Å². The molecule has 0 radical (unpaired) electrons. The maximum absolute atomic E-state index is 11.8. The molecule has 0 aliphatic rings. The number of carbonyl (C=O) groups excluding carboxylic acids is 1. The smallest absolute Gasteiger partial charge is 0.287 e. The summed E-state index contributed by atoms with van der Waals surface area (Å²) in [6, 6.07) is 10.7. The molecule has 2 N–H and O–H groups in total. The summed E-state index contributed by atoms with van der Waals surface area (Å²) in [4.78, 5) is 16.8. The van der Waals surface area contributed by atoms with Gasteiger partial charge < -0.3 is 9.94 Å². The van der Waals surface area contributed by atoms with Gasteiger partial charge in [0.15, 0.2) is 5.75 Å². The Hall–Kier alpha value is -1.91. The largest absolute Gasteiger partial charge is 0.507 e. The predicted octanol–water partition coefficient (Wildman–Crippen LogP) is 3.42. The predicted molar refractivity (Wildman–Crippen MR) is 72.7 cm³/mol. The number of carbonyl (C=O) groups is 1. The second-order valence-electron chi connectivity index (χ2n) is 3.63. The standard InChI is InChI=1S/C13H9Cl2NO3/c14-8-5-6-12(10(15)7-8)19-16-13(18)9-3-1-2-4-11(9)17/h1-7,17H,(H,16,18). The van der Waals surface area contributed by atoms with E-state index in [2.05, 4.69) is 5.48 Å². The lowest BCUT2D eigenvalue weighted by molar-refractivity contribution is 0.0757. The average molecular weight is 298 g/mol. The Balaban J connectivity index is 2.07. The lowest BCUT2D eigenvalue weighted by Gasteiger charge is -2.09. The molecule has 0 aliphatic heterocycles. The van der Waals surface area contributed by atoms with Crippen molar-refractivity contribution < 1.29 is 14.7 Å². The van der Waals surface area contributed by atoms with E-state index in [4.69, 9.17) is 28.0 Å². The summed E-state index contributed by atoms with van der Waals surface area (Å²) < 4.78 is 0. The van der Waals surface area contributed by atoms with Gasteiger partial charge in [-0.05, 0) is 30.3 Å². The summed E-state index contributed by atoms with van der Waals surface area (Å²) in [6.45, 7) is 0. The Kier molecular flexibility index (Phi) is 4.14. The first-order chi connectivity index (χ1) is 9.08. The summed E-state index contributed by atoms with van der Waals surface area (Å²) in [5, 5.41) is 10.2. The molecule has 0 fully saturated rings. The van der Waals surface area contributed by atoms with E-state index < -0.39 is 5.91 Å². The molecule has 0 heterocycles. The van der Waals surface area contributed by atoms with Crippen LogP contribution in [0.1, 0.15) is 10.4 Å². The fourth-order valence-electron chi connectivity index (χ4n) is 1.38. The molecule has 0 atom stereocenters. The first-order valence-corrected chi connectivity index (χ1v) is 6.04. The van der Waals surface area contributed by atoms with Crippen LogP contribution < -0.4 is 10.3 Å². The highest BCUT2D eigenvalue weighted by Gasteiger charge is 2.11. The fourth-order valence-corrected chi connectivity index (χ4v) is 1.83. The van der Waals surface area contributed by atoms with Crippen LogP contribution in [0, 0.1) is 0 Å². The third kappa shape index (κ3) is 3.30. The summed E-state index contributed by atoms with van der Waals surface area (Å²) in [7, 11) is 0. The molecule has 0 spiro atoms. The molecule has 2 rings (SSSR count). The van der Waals surface area contributed by atoms with E-state index in [-0.39, 0.29) is 22.1 Å². The zero-order valence-corrected chi connectivity index (χ0v) is 11.1. The molecule has 19 heavy (non-hydrogen) atoms. The van der Waals surface area contributed by atoms with Gasteiger partial charge in [-0.3, -0.25) is 4.79 Å². The molecule has 2 aromatic rings. The van der Waals surface area contributed by atoms with Gasteiger partial charge in [-0.2, -0.15) is 5.48 Å². The highest BCUT2D eigenvalue weighted by atomic mass is 35.5. The molecule has 2 aromatic carbocycles. The zero-order chi connectivity index (χ0) is 13.8. The van der Waals surface area contributed by atoms with Crippen molar-refractivity contribution >= 4 is 29.1 Å². The molecule has 0 aliphatic carbocycles. The van der Waals surface area contributed by atoms with Crippen LogP contribution in [0.2, 0.25) is 10.0 Å². The summed E-state index contributed by atoms with van der Waals surface area (Å²) >= 11 is 11.6. The second-order valence-corrected chi connectivity index (χ2v) is 4.47. The summed E-state index contributed by atoms with van der Waals surface area (Å²) in [5.74, 6) is -0.454. The number of phenolic OH excluding ortho intramolecular Hbond substituents is 1. The minimum Gasteiger partial charge on any atom is -0.507 e. The Morgan fingerprint density at radius 2 is 1.89 bits per heavy atom. The molecule has 0 aromatic heterocycles. The molecule has 1 amide bonds. The number of hydrogen-bond donors (Lipinski definition) is 2. The fraction of sp³-hybridized carbons (Fsp3) is 0. The Morgan fingerprint density at radius 3 is 2.58 bits per heavy atom. The van der Waals surface area contributed by atoms with Gasteiger partial charge in [0.2, 0.25) is 0 Å². The van der Waals surface area contributed by atoms with Gasteiger partial charge in [0.25, 0.3) is 5.91 Å². The molecule has 4 nitrogen and oxygen atoms in total. The number of nitrogens with one attached hydrogen (secondary N) is 1. The topological polar surface area (TPSA) is 58.6 Å². The van der Waals surface area contributed by atoms with Crippen molar-refractivity contribution in [2.45, 2.75) is 0 Å². The SMILES string of the molecule is O=C(NOc1ccc(Cl)cc1Cl)c1ccccc1O. The third-order valence-electron chi connectivity index (χ3n) is 2.30. The normalized spacial score (nSPS) is 10.0. The first kappa shape index (κ1) is 13.5. The Morgan fingerprint density at radius 1 is 1.16 bits per heavy atom. The van der Waals surface area contributed by atoms with E-state index in [1.54, 1.807) is 18.2 Å². The van der Waals surface area contributed by atoms with Crippen LogP contribution in [-0.2, 0) is 0 Å². The quantitative estimate of drug-likeness (QED) is 0.854. The van der Waals surface area contributed by atoms with E-state index in [1.807, 2.05) is 0 Å². The van der Waals surface area contributed by atoms with Gasteiger partial charge in [-0.1, -0.05) is 35.3 Å². The van der Waals surface area contributed by atoms with Crippen LogP contribution in [0.15, 0.2) is 42.5 Å². The molecule has 98 valence electrons. The number of halogens is 2. The highest BCUT2D eigenvalue weighted by Crippen LogP contribution is 2.27. The number of amides is 1. The lowest BCUT2D eigenvalue weighted by atomic mass is 10.2. The van der Waals surface area contributed by atoms with Crippen molar-refractivity contribution in [2.75, 3.05) is 0 Å². The van der Waals surface area contributed by atoms with Gasteiger partial charge in [0.05, 0.1) is 10.6 Å². The molecular weight excluding hydrogens is 289 g/mol. The number of phenols is 1. The van der Waals surface area contributed by atoms with Gasteiger partial charge in [-0.25, -0.2) is 0 Å². The van der Waals surface area contributed by atoms with Crippen LogP contribution >= 0.6 is 23.2 Å². The first-order valence-electron chi connectivity index (χ1n) is 5.28. The minimum absolute atomic E-state index is 0.104. The van der Waals surface area contributed by atoms with Crippen LogP contribution in [-0.4, -0.2) is 11.0 Å². The van der Waals surface area contributed by atoms with Crippen molar-refractivity contribution in [1.82, 2.24) is 5.48 Å². The summed E-state index contributed by atoms with van der Waals surface area (Å²) in [5.41, 5.74) is 2.29. The number of hydrogen-bond acceptors (Lipinski definition) is 3. The molecular formula is C13H9Cl2NO3.